The van der Waals surface area contributed by atoms with Gasteiger partial charge in [-0.3, -0.25) is 9.69 Å². The molecule has 2 saturated heterocycles. The molecular formula is C14H26N2O2. The Morgan fingerprint density at radius 2 is 1.78 bits per heavy atom. The van der Waals surface area contributed by atoms with Crippen molar-refractivity contribution in [2.75, 3.05) is 32.7 Å². The van der Waals surface area contributed by atoms with Crippen LogP contribution < -0.4 is 0 Å². The molecule has 2 aliphatic rings. The number of hydrogen-bond donors (Lipinski definition) is 1. The first kappa shape index (κ1) is 13.8. The molecule has 18 heavy (non-hydrogen) atoms. The van der Waals surface area contributed by atoms with Crippen molar-refractivity contribution in [3.05, 3.63) is 0 Å². The molecule has 1 unspecified atom stereocenters. The van der Waals surface area contributed by atoms with Gasteiger partial charge in [0.1, 0.15) is 0 Å². The zero-order valence-corrected chi connectivity index (χ0v) is 11.5. The van der Waals surface area contributed by atoms with Gasteiger partial charge in [0.25, 0.3) is 0 Å². The molecule has 2 heterocycles. The molecule has 1 N–H and O–H groups in total. The predicted molar refractivity (Wildman–Crippen MR) is 71.3 cm³/mol. The van der Waals surface area contributed by atoms with E-state index >= 15 is 0 Å². The second-order valence-electron chi connectivity index (χ2n) is 5.80. The minimum atomic E-state index is -0.204. The first-order valence-corrected chi connectivity index (χ1v) is 7.35. The molecule has 0 aromatic heterocycles. The van der Waals surface area contributed by atoms with Gasteiger partial charge in [0, 0.05) is 13.1 Å². The van der Waals surface area contributed by atoms with Gasteiger partial charge in [-0.1, -0.05) is 0 Å². The van der Waals surface area contributed by atoms with E-state index in [0.29, 0.717) is 18.4 Å². The number of carbonyl (C=O) groups excluding carboxylic acids is 1. The van der Waals surface area contributed by atoms with Gasteiger partial charge in [0.05, 0.1) is 12.6 Å². The summed E-state index contributed by atoms with van der Waals surface area (Å²) in [5.41, 5.74) is 0. The molecule has 0 bridgehead atoms. The van der Waals surface area contributed by atoms with Crippen molar-refractivity contribution in [1.82, 2.24) is 9.80 Å². The molecule has 0 saturated carbocycles. The lowest BCUT2D eigenvalue weighted by atomic mass is 9.92. The number of rotatable bonds is 3. The van der Waals surface area contributed by atoms with E-state index < -0.39 is 0 Å². The van der Waals surface area contributed by atoms with Gasteiger partial charge in [-0.2, -0.15) is 0 Å². The summed E-state index contributed by atoms with van der Waals surface area (Å²) >= 11 is 0. The van der Waals surface area contributed by atoms with E-state index in [9.17, 15) is 9.90 Å². The molecule has 1 amide bonds. The van der Waals surface area contributed by atoms with E-state index in [-0.39, 0.29) is 6.10 Å². The van der Waals surface area contributed by atoms with Crippen molar-refractivity contribution in [3.63, 3.8) is 0 Å². The second kappa shape index (κ2) is 6.53. The Balaban J connectivity index is 1.72. The number of aliphatic hydroxyl groups is 1. The van der Waals surface area contributed by atoms with Gasteiger partial charge in [-0.05, 0) is 58.0 Å². The Morgan fingerprint density at radius 3 is 2.33 bits per heavy atom. The molecule has 4 heteroatoms. The Kier molecular flexibility index (Phi) is 5.01. The van der Waals surface area contributed by atoms with Gasteiger partial charge in [0.15, 0.2) is 0 Å². The average Bonchev–Trinajstić information content (AvgIpc) is 2.40. The lowest BCUT2D eigenvalue weighted by molar-refractivity contribution is -0.133. The van der Waals surface area contributed by atoms with E-state index in [0.717, 1.165) is 51.9 Å². The third-order valence-corrected chi connectivity index (χ3v) is 4.38. The van der Waals surface area contributed by atoms with E-state index in [1.807, 2.05) is 11.8 Å². The Hall–Kier alpha value is -0.610. The van der Waals surface area contributed by atoms with Crippen molar-refractivity contribution in [2.24, 2.45) is 5.92 Å². The summed E-state index contributed by atoms with van der Waals surface area (Å²) in [7, 11) is 0. The van der Waals surface area contributed by atoms with Crippen LogP contribution in [0.5, 0.6) is 0 Å². The summed E-state index contributed by atoms with van der Waals surface area (Å²) in [4.78, 5) is 16.4. The summed E-state index contributed by atoms with van der Waals surface area (Å²) in [5.74, 6) is 0.719. The third kappa shape index (κ3) is 3.69. The maximum Gasteiger partial charge on any atom is 0.236 e. The Labute approximate surface area is 110 Å². The minimum Gasteiger partial charge on any atom is -0.393 e. The van der Waals surface area contributed by atoms with Gasteiger partial charge >= 0.3 is 0 Å². The van der Waals surface area contributed by atoms with Crippen molar-refractivity contribution >= 4 is 5.91 Å². The van der Waals surface area contributed by atoms with Gasteiger partial charge < -0.3 is 10.0 Å². The average molecular weight is 254 g/mol. The maximum atomic E-state index is 12.1. The Morgan fingerprint density at radius 1 is 1.17 bits per heavy atom. The number of aliphatic hydroxyl groups excluding tert-OH is 1. The van der Waals surface area contributed by atoms with E-state index in [1.54, 1.807) is 0 Å². The van der Waals surface area contributed by atoms with Crippen LogP contribution >= 0.6 is 0 Å². The number of piperidine rings is 2. The minimum absolute atomic E-state index is 0.204. The largest absolute Gasteiger partial charge is 0.393 e. The third-order valence-electron chi connectivity index (χ3n) is 4.38. The number of hydrogen-bond acceptors (Lipinski definition) is 3. The maximum absolute atomic E-state index is 12.1. The summed E-state index contributed by atoms with van der Waals surface area (Å²) in [6.07, 6.45) is 5.43. The molecule has 104 valence electrons. The molecule has 4 nitrogen and oxygen atoms in total. The van der Waals surface area contributed by atoms with Crippen molar-refractivity contribution in [1.29, 1.82) is 0 Å². The van der Waals surface area contributed by atoms with Crippen molar-refractivity contribution in [3.8, 4) is 0 Å². The van der Waals surface area contributed by atoms with Gasteiger partial charge in [0.2, 0.25) is 5.91 Å². The normalized spacial score (nSPS) is 25.1. The summed E-state index contributed by atoms with van der Waals surface area (Å²) < 4.78 is 0. The fraction of sp³-hybridized carbons (Fsp3) is 0.929. The first-order valence-electron chi connectivity index (χ1n) is 7.35. The first-order chi connectivity index (χ1) is 8.66. The van der Waals surface area contributed by atoms with Gasteiger partial charge in [-0.25, -0.2) is 0 Å². The quantitative estimate of drug-likeness (QED) is 0.820. The lowest BCUT2D eigenvalue weighted by Gasteiger charge is -2.35. The smallest absolute Gasteiger partial charge is 0.236 e. The van der Waals surface area contributed by atoms with Crippen LogP contribution in [0.25, 0.3) is 0 Å². The van der Waals surface area contributed by atoms with Crippen LogP contribution in [0.2, 0.25) is 0 Å². The Bertz CT molecular complexity index is 267. The van der Waals surface area contributed by atoms with Crippen LogP contribution in [0.3, 0.4) is 0 Å². The fourth-order valence-corrected chi connectivity index (χ4v) is 3.03. The van der Waals surface area contributed by atoms with Crippen molar-refractivity contribution in [2.45, 2.75) is 45.1 Å². The molecule has 2 aliphatic heterocycles. The molecule has 2 rings (SSSR count). The SMILES string of the molecule is CC(O)C1CCN(CC(=O)N2CCCCC2)CC1. The monoisotopic (exact) mass is 254 g/mol. The molecule has 0 spiro atoms. The standard InChI is InChI=1S/C14H26N2O2/c1-12(17)13-5-9-15(10-6-13)11-14(18)16-7-3-2-4-8-16/h12-13,17H,2-11H2,1H3. The summed E-state index contributed by atoms with van der Waals surface area (Å²) in [5, 5.41) is 9.56. The van der Waals surface area contributed by atoms with Gasteiger partial charge in [-0.15, -0.1) is 0 Å². The molecular weight excluding hydrogens is 228 g/mol. The zero-order chi connectivity index (χ0) is 13.0. The van der Waals surface area contributed by atoms with Crippen LogP contribution in [-0.4, -0.2) is 59.6 Å². The van der Waals surface area contributed by atoms with Crippen LogP contribution in [0.4, 0.5) is 0 Å². The molecule has 0 aromatic rings. The van der Waals surface area contributed by atoms with E-state index in [4.69, 9.17) is 0 Å². The van der Waals surface area contributed by atoms with Crippen molar-refractivity contribution < 1.29 is 9.90 Å². The molecule has 2 fully saturated rings. The number of carbonyl (C=O) groups is 1. The highest BCUT2D eigenvalue weighted by molar-refractivity contribution is 5.78. The van der Waals surface area contributed by atoms with Crippen LogP contribution in [0.15, 0.2) is 0 Å². The highest BCUT2D eigenvalue weighted by Crippen LogP contribution is 2.20. The predicted octanol–water partition coefficient (Wildman–Crippen LogP) is 1.09. The number of likely N-dealkylation sites (tertiary alicyclic amines) is 2. The van der Waals surface area contributed by atoms with Crippen LogP contribution in [0, 0.1) is 5.92 Å². The number of amides is 1. The molecule has 0 radical (unpaired) electrons. The molecule has 1 atom stereocenters. The lowest BCUT2D eigenvalue weighted by Crippen LogP contribution is -2.45. The highest BCUT2D eigenvalue weighted by Gasteiger charge is 2.25. The second-order valence-corrected chi connectivity index (χ2v) is 5.80. The summed E-state index contributed by atoms with van der Waals surface area (Å²) in [6.45, 7) is 6.25. The summed E-state index contributed by atoms with van der Waals surface area (Å²) in [6, 6.07) is 0. The highest BCUT2D eigenvalue weighted by atomic mass is 16.3. The topological polar surface area (TPSA) is 43.8 Å². The molecule has 0 aliphatic carbocycles. The van der Waals surface area contributed by atoms with Crippen LogP contribution in [-0.2, 0) is 4.79 Å². The fourth-order valence-electron chi connectivity index (χ4n) is 3.03. The van der Waals surface area contributed by atoms with E-state index in [2.05, 4.69) is 4.90 Å². The number of nitrogens with zero attached hydrogens (tertiary/aromatic N) is 2. The molecule has 0 aromatic carbocycles. The van der Waals surface area contributed by atoms with Crippen LogP contribution in [0.1, 0.15) is 39.0 Å². The van der Waals surface area contributed by atoms with E-state index in [1.165, 1.54) is 6.42 Å². The zero-order valence-electron chi connectivity index (χ0n) is 11.5.